The SMILES string of the molecule is C=[N+](CC)CCCCC(CC)O[C@@H](C)C(C)C. The first kappa shape index (κ1) is 16.6. The molecular weight excluding hydrogens is 210 g/mol. The fourth-order valence-electron chi connectivity index (χ4n) is 1.69. The van der Waals surface area contributed by atoms with Gasteiger partial charge in [0.2, 0.25) is 0 Å². The fraction of sp³-hybridized carbons (Fsp3) is 0.933. The average Bonchev–Trinajstić information content (AvgIpc) is 2.31. The highest BCUT2D eigenvalue weighted by molar-refractivity contribution is 5.14. The van der Waals surface area contributed by atoms with E-state index in [0.717, 1.165) is 19.5 Å². The summed E-state index contributed by atoms with van der Waals surface area (Å²) in [7, 11) is 0. The number of ether oxygens (including phenoxy) is 1. The molecule has 0 heterocycles. The summed E-state index contributed by atoms with van der Waals surface area (Å²) < 4.78 is 8.19. The highest BCUT2D eigenvalue weighted by atomic mass is 16.5. The summed E-state index contributed by atoms with van der Waals surface area (Å²) in [5, 5.41) is 0. The molecule has 0 rings (SSSR count). The van der Waals surface area contributed by atoms with Crippen LogP contribution in [0.4, 0.5) is 0 Å². The van der Waals surface area contributed by atoms with E-state index < -0.39 is 0 Å². The predicted octanol–water partition coefficient (Wildman–Crippen LogP) is 3.73. The van der Waals surface area contributed by atoms with Crippen LogP contribution in [0.1, 0.15) is 60.3 Å². The molecule has 0 fully saturated rings. The lowest BCUT2D eigenvalue weighted by Crippen LogP contribution is -2.23. The van der Waals surface area contributed by atoms with Gasteiger partial charge in [-0.1, -0.05) is 20.8 Å². The standard InChI is InChI=1S/C15H32NO/c1-7-15(17-14(5)13(3)4)11-9-10-12-16(6)8-2/h13-15H,6-12H2,1-5H3/q+1/t14-,15?/m0/s1. The van der Waals surface area contributed by atoms with Crippen LogP contribution >= 0.6 is 0 Å². The van der Waals surface area contributed by atoms with Crippen LogP contribution in [-0.2, 0) is 4.74 Å². The van der Waals surface area contributed by atoms with Gasteiger partial charge in [-0.25, -0.2) is 4.58 Å². The Kier molecular flexibility index (Phi) is 9.43. The van der Waals surface area contributed by atoms with Gasteiger partial charge in [-0.15, -0.1) is 0 Å². The maximum atomic E-state index is 6.07. The van der Waals surface area contributed by atoms with Gasteiger partial charge in [0.05, 0.1) is 12.2 Å². The summed E-state index contributed by atoms with van der Waals surface area (Å²) in [5.41, 5.74) is 0. The maximum absolute atomic E-state index is 6.07. The van der Waals surface area contributed by atoms with Gasteiger partial charge in [0, 0.05) is 6.42 Å². The van der Waals surface area contributed by atoms with Gasteiger partial charge in [0.15, 0.2) is 0 Å². The normalized spacial score (nSPS) is 14.9. The monoisotopic (exact) mass is 242 g/mol. The summed E-state index contributed by atoms with van der Waals surface area (Å²) >= 11 is 0. The molecule has 0 spiro atoms. The summed E-state index contributed by atoms with van der Waals surface area (Å²) in [4.78, 5) is 0. The Labute approximate surface area is 108 Å². The molecule has 0 bridgehead atoms. The van der Waals surface area contributed by atoms with E-state index in [9.17, 15) is 0 Å². The molecule has 0 aromatic carbocycles. The zero-order valence-corrected chi connectivity index (χ0v) is 12.5. The molecule has 0 aromatic heterocycles. The topological polar surface area (TPSA) is 12.2 Å². The van der Waals surface area contributed by atoms with E-state index in [-0.39, 0.29) is 0 Å². The van der Waals surface area contributed by atoms with Crippen LogP contribution in [0.2, 0.25) is 0 Å². The molecule has 0 aliphatic carbocycles. The van der Waals surface area contributed by atoms with Crippen molar-refractivity contribution in [1.82, 2.24) is 0 Å². The molecule has 0 saturated carbocycles. The first-order valence-corrected chi connectivity index (χ1v) is 7.22. The Balaban J connectivity index is 3.71. The van der Waals surface area contributed by atoms with Crippen molar-refractivity contribution in [2.75, 3.05) is 13.1 Å². The van der Waals surface area contributed by atoms with E-state index in [2.05, 4.69) is 45.9 Å². The van der Waals surface area contributed by atoms with Gasteiger partial charge < -0.3 is 4.74 Å². The summed E-state index contributed by atoms with van der Waals surface area (Å²) in [6.45, 7) is 17.1. The van der Waals surface area contributed by atoms with E-state index in [1.54, 1.807) is 0 Å². The number of nitrogens with zero attached hydrogens (tertiary/aromatic N) is 1. The van der Waals surface area contributed by atoms with Crippen LogP contribution in [0, 0.1) is 5.92 Å². The zero-order valence-electron chi connectivity index (χ0n) is 12.5. The second-order valence-electron chi connectivity index (χ2n) is 5.32. The highest BCUT2D eigenvalue weighted by Crippen LogP contribution is 2.15. The second kappa shape index (κ2) is 9.64. The van der Waals surface area contributed by atoms with Crippen LogP contribution in [0.5, 0.6) is 0 Å². The van der Waals surface area contributed by atoms with E-state index >= 15 is 0 Å². The van der Waals surface area contributed by atoms with Gasteiger partial charge in [-0.3, -0.25) is 0 Å². The average molecular weight is 242 g/mol. The Bertz CT molecular complexity index is 201. The van der Waals surface area contributed by atoms with Crippen molar-refractivity contribution in [2.45, 2.75) is 72.5 Å². The van der Waals surface area contributed by atoms with E-state index in [1.807, 2.05) is 0 Å². The zero-order chi connectivity index (χ0) is 13.3. The number of hydrogen-bond donors (Lipinski definition) is 0. The van der Waals surface area contributed by atoms with Crippen LogP contribution in [0.25, 0.3) is 0 Å². The van der Waals surface area contributed by atoms with Crippen molar-refractivity contribution in [3.63, 3.8) is 0 Å². The van der Waals surface area contributed by atoms with Crippen LogP contribution in [0.3, 0.4) is 0 Å². The molecule has 0 saturated heterocycles. The van der Waals surface area contributed by atoms with Crippen molar-refractivity contribution < 1.29 is 9.31 Å². The van der Waals surface area contributed by atoms with E-state index in [0.29, 0.717) is 18.1 Å². The molecule has 0 aliphatic heterocycles. The molecule has 0 radical (unpaired) electrons. The minimum Gasteiger partial charge on any atom is -0.375 e. The lowest BCUT2D eigenvalue weighted by molar-refractivity contribution is -0.516. The lowest BCUT2D eigenvalue weighted by atomic mass is 10.1. The van der Waals surface area contributed by atoms with Crippen molar-refractivity contribution in [3.8, 4) is 0 Å². The molecule has 102 valence electrons. The van der Waals surface area contributed by atoms with Gasteiger partial charge >= 0.3 is 0 Å². The quantitative estimate of drug-likeness (QED) is 0.323. The minimum atomic E-state index is 0.375. The van der Waals surface area contributed by atoms with Crippen LogP contribution in [0.15, 0.2) is 0 Å². The Morgan fingerprint density at radius 1 is 1.12 bits per heavy atom. The summed E-state index contributed by atoms with van der Waals surface area (Å²) in [5.74, 6) is 0.611. The molecule has 2 atom stereocenters. The third-order valence-electron chi connectivity index (χ3n) is 3.50. The number of unbranched alkanes of at least 4 members (excludes halogenated alkanes) is 1. The van der Waals surface area contributed by atoms with Gasteiger partial charge in [0.1, 0.15) is 19.8 Å². The summed E-state index contributed by atoms with van der Waals surface area (Å²) in [6, 6.07) is 0. The third kappa shape index (κ3) is 8.37. The van der Waals surface area contributed by atoms with E-state index in [4.69, 9.17) is 4.74 Å². The van der Waals surface area contributed by atoms with Gasteiger partial charge in [0.25, 0.3) is 0 Å². The van der Waals surface area contributed by atoms with Crippen LogP contribution < -0.4 is 0 Å². The van der Waals surface area contributed by atoms with Crippen LogP contribution in [-0.4, -0.2) is 36.6 Å². The predicted molar refractivity (Wildman–Crippen MR) is 76.1 cm³/mol. The maximum Gasteiger partial charge on any atom is 0.142 e. The second-order valence-corrected chi connectivity index (χ2v) is 5.32. The Morgan fingerprint density at radius 3 is 2.24 bits per heavy atom. The van der Waals surface area contributed by atoms with Crippen molar-refractivity contribution in [3.05, 3.63) is 0 Å². The molecule has 0 N–H and O–H groups in total. The number of rotatable bonds is 10. The number of hydrogen-bond acceptors (Lipinski definition) is 1. The first-order chi connectivity index (χ1) is 8.01. The fourth-order valence-corrected chi connectivity index (χ4v) is 1.69. The first-order valence-electron chi connectivity index (χ1n) is 7.22. The molecule has 0 aliphatic rings. The molecular formula is C15H32NO+. The molecule has 1 unspecified atom stereocenters. The molecule has 2 heteroatoms. The molecule has 17 heavy (non-hydrogen) atoms. The van der Waals surface area contributed by atoms with Gasteiger partial charge in [-0.05, 0) is 39.0 Å². The van der Waals surface area contributed by atoms with E-state index in [1.165, 1.54) is 19.3 Å². The highest BCUT2D eigenvalue weighted by Gasteiger charge is 2.14. The van der Waals surface area contributed by atoms with Crippen molar-refractivity contribution >= 4 is 6.72 Å². The molecule has 0 amide bonds. The molecule has 2 nitrogen and oxygen atoms in total. The largest absolute Gasteiger partial charge is 0.375 e. The van der Waals surface area contributed by atoms with Crippen molar-refractivity contribution in [2.24, 2.45) is 5.92 Å². The third-order valence-corrected chi connectivity index (χ3v) is 3.50. The lowest BCUT2D eigenvalue weighted by Gasteiger charge is -2.23. The Hall–Kier alpha value is -0.370. The minimum absolute atomic E-state index is 0.375. The van der Waals surface area contributed by atoms with Crippen molar-refractivity contribution in [1.29, 1.82) is 0 Å². The smallest absolute Gasteiger partial charge is 0.142 e. The molecule has 0 aromatic rings. The summed E-state index contributed by atoms with van der Waals surface area (Å²) in [6.07, 6.45) is 5.60. The Morgan fingerprint density at radius 2 is 1.76 bits per heavy atom. The van der Waals surface area contributed by atoms with Gasteiger partial charge in [-0.2, -0.15) is 0 Å².